The summed E-state index contributed by atoms with van der Waals surface area (Å²) >= 11 is 0. The van der Waals surface area contributed by atoms with E-state index < -0.39 is 0 Å². The van der Waals surface area contributed by atoms with E-state index in [1.54, 1.807) is 0 Å². The smallest absolute Gasteiger partial charge is 0.0803 e. The van der Waals surface area contributed by atoms with Crippen LogP contribution in [0.25, 0.3) is 83.2 Å². The molecule has 1 aliphatic carbocycles. The monoisotopic (exact) mass is 665 g/mol. The highest BCUT2D eigenvalue weighted by atomic mass is 15.1. The van der Waals surface area contributed by atoms with Crippen LogP contribution >= 0.6 is 0 Å². The highest BCUT2D eigenvalue weighted by Crippen LogP contribution is 2.53. The van der Waals surface area contributed by atoms with E-state index in [1.165, 1.54) is 82.9 Å². The summed E-state index contributed by atoms with van der Waals surface area (Å²) in [6.07, 6.45) is 0. The molecular weight excluding hydrogens is 631 g/mol. The van der Waals surface area contributed by atoms with E-state index in [0.717, 1.165) is 11.4 Å². The van der Waals surface area contributed by atoms with Crippen LogP contribution < -0.4 is 0 Å². The zero-order valence-electron chi connectivity index (χ0n) is 29.1. The second-order valence-electron chi connectivity index (χ2n) is 14.6. The number of rotatable bonds is 4. The first-order valence-corrected chi connectivity index (χ1v) is 18.1. The zero-order chi connectivity index (χ0) is 34.6. The van der Waals surface area contributed by atoms with Gasteiger partial charge in [0.1, 0.15) is 0 Å². The topological polar surface area (TPSA) is 14.8 Å². The van der Waals surface area contributed by atoms with Gasteiger partial charge in [-0.3, -0.25) is 0 Å². The van der Waals surface area contributed by atoms with Crippen LogP contribution in [0.5, 0.6) is 0 Å². The summed E-state index contributed by atoms with van der Waals surface area (Å²) in [5.74, 6) is 0. The van der Waals surface area contributed by atoms with Crippen molar-refractivity contribution in [2.24, 2.45) is 0 Å². The number of nitrogens with zero attached hydrogens (tertiary/aromatic N) is 3. The Morgan fingerprint density at radius 3 is 1.48 bits per heavy atom. The van der Waals surface area contributed by atoms with E-state index in [4.69, 9.17) is 0 Å². The summed E-state index contributed by atoms with van der Waals surface area (Å²) in [5, 5.41) is 3.80. The highest BCUT2D eigenvalue weighted by molar-refractivity contribution is 6.20. The van der Waals surface area contributed by atoms with Crippen molar-refractivity contribution in [3.63, 3.8) is 0 Å². The van der Waals surface area contributed by atoms with Crippen molar-refractivity contribution in [1.82, 2.24) is 13.7 Å². The second kappa shape index (κ2) is 10.7. The molecule has 0 saturated heterocycles. The van der Waals surface area contributed by atoms with Crippen molar-refractivity contribution in [2.75, 3.05) is 0 Å². The van der Waals surface area contributed by atoms with Crippen LogP contribution in [0.1, 0.15) is 25.0 Å². The normalized spacial score (nSPS) is 13.3. The average Bonchev–Trinajstić information content (AvgIpc) is 3.90. The van der Waals surface area contributed by atoms with Crippen LogP contribution in [0.15, 0.2) is 176 Å². The fourth-order valence-electron chi connectivity index (χ4n) is 9.21. The Morgan fingerprint density at radius 1 is 0.385 bits per heavy atom. The van der Waals surface area contributed by atoms with Crippen molar-refractivity contribution in [3.8, 4) is 39.4 Å². The fourth-order valence-corrected chi connectivity index (χ4v) is 9.21. The number of hydrogen-bond donors (Lipinski definition) is 0. The molecule has 10 aromatic rings. The Bertz CT molecular complexity index is 3030. The average molecular weight is 666 g/mol. The predicted molar refractivity (Wildman–Crippen MR) is 217 cm³/mol. The second-order valence-corrected chi connectivity index (χ2v) is 14.6. The maximum absolute atomic E-state index is 2.49. The van der Waals surface area contributed by atoms with E-state index in [2.05, 4.69) is 203 Å². The minimum absolute atomic E-state index is 0.0861. The van der Waals surface area contributed by atoms with Crippen molar-refractivity contribution in [2.45, 2.75) is 19.3 Å². The molecule has 3 aromatic heterocycles. The molecule has 7 aromatic carbocycles. The van der Waals surface area contributed by atoms with E-state index in [1.807, 2.05) is 0 Å². The zero-order valence-corrected chi connectivity index (χ0v) is 29.1. The van der Waals surface area contributed by atoms with Gasteiger partial charge in [-0.1, -0.05) is 135 Å². The van der Waals surface area contributed by atoms with Gasteiger partial charge in [-0.2, -0.15) is 0 Å². The molecule has 0 bridgehead atoms. The lowest BCUT2D eigenvalue weighted by atomic mass is 9.81. The first-order chi connectivity index (χ1) is 25.6. The van der Waals surface area contributed by atoms with E-state index in [9.17, 15) is 0 Å². The molecule has 246 valence electrons. The molecule has 0 atom stereocenters. The van der Waals surface area contributed by atoms with Gasteiger partial charge in [0.15, 0.2) is 0 Å². The van der Waals surface area contributed by atoms with Gasteiger partial charge in [-0.25, -0.2) is 0 Å². The Morgan fingerprint density at radius 2 is 0.846 bits per heavy atom. The SMILES string of the molecule is CC1(C)c2ccccc2-c2c1c1ccccc1n2-c1cccc(-c2cccc(-n3c4ccccc4c4c3c3ccccc3n4-c3ccccc3)c2)c1. The summed E-state index contributed by atoms with van der Waals surface area (Å²) in [5.41, 5.74) is 17.3. The molecule has 3 heterocycles. The molecule has 0 fully saturated rings. The fraction of sp³-hybridized carbons (Fsp3) is 0.0612. The molecule has 0 spiro atoms. The van der Waals surface area contributed by atoms with Crippen molar-refractivity contribution in [3.05, 3.63) is 187 Å². The van der Waals surface area contributed by atoms with Crippen molar-refractivity contribution >= 4 is 43.7 Å². The van der Waals surface area contributed by atoms with Crippen LogP contribution in [0.2, 0.25) is 0 Å². The summed E-state index contributed by atoms with van der Waals surface area (Å²) in [7, 11) is 0. The van der Waals surface area contributed by atoms with Gasteiger partial charge in [0.05, 0.1) is 33.3 Å². The van der Waals surface area contributed by atoms with Crippen LogP contribution in [-0.4, -0.2) is 13.7 Å². The minimum atomic E-state index is -0.0861. The van der Waals surface area contributed by atoms with E-state index in [-0.39, 0.29) is 5.41 Å². The van der Waals surface area contributed by atoms with Gasteiger partial charge >= 0.3 is 0 Å². The number of hydrogen-bond acceptors (Lipinski definition) is 0. The van der Waals surface area contributed by atoms with Crippen LogP contribution in [-0.2, 0) is 5.41 Å². The summed E-state index contributed by atoms with van der Waals surface area (Å²) < 4.78 is 7.38. The standard InChI is InChI=1S/C49H35N3/c1-49(2)41-26-10-6-22-37(41)46-45(49)38-23-7-11-27-42(38)51(46)35-20-14-16-32(30-35)33-17-15-21-36(31-33)52-44-29-13-9-25-40(44)47-48(52)39-24-8-12-28-43(39)50(47)34-18-4-3-5-19-34/h3-31H,1-2H3. The molecule has 0 N–H and O–H groups in total. The molecule has 1 aliphatic rings. The number of fused-ring (bicyclic) bond motifs is 10. The third-order valence-electron chi connectivity index (χ3n) is 11.4. The lowest BCUT2D eigenvalue weighted by Crippen LogP contribution is -2.14. The third-order valence-corrected chi connectivity index (χ3v) is 11.4. The van der Waals surface area contributed by atoms with E-state index in [0.29, 0.717) is 0 Å². The maximum Gasteiger partial charge on any atom is 0.0803 e. The van der Waals surface area contributed by atoms with Gasteiger partial charge in [0.25, 0.3) is 0 Å². The Balaban J connectivity index is 1.13. The molecule has 3 heteroatoms. The summed E-state index contributed by atoms with van der Waals surface area (Å²) in [6.45, 7) is 4.74. The number of benzene rings is 7. The third kappa shape index (κ3) is 3.91. The molecular formula is C49H35N3. The van der Waals surface area contributed by atoms with Crippen LogP contribution in [0.3, 0.4) is 0 Å². The summed E-state index contributed by atoms with van der Waals surface area (Å²) in [4.78, 5) is 0. The summed E-state index contributed by atoms with van der Waals surface area (Å²) in [6, 6.07) is 64.3. The first kappa shape index (κ1) is 29.2. The van der Waals surface area contributed by atoms with E-state index >= 15 is 0 Å². The molecule has 0 unspecified atom stereocenters. The molecule has 0 saturated carbocycles. The lowest BCUT2D eigenvalue weighted by molar-refractivity contribution is 0.666. The Kier molecular flexibility index (Phi) is 6.01. The molecule has 0 aliphatic heterocycles. The largest absolute Gasteiger partial charge is 0.309 e. The molecule has 52 heavy (non-hydrogen) atoms. The van der Waals surface area contributed by atoms with Crippen molar-refractivity contribution in [1.29, 1.82) is 0 Å². The van der Waals surface area contributed by atoms with Gasteiger partial charge in [0.2, 0.25) is 0 Å². The van der Waals surface area contributed by atoms with Crippen molar-refractivity contribution < 1.29 is 0 Å². The van der Waals surface area contributed by atoms with Crippen LogP contribution in [0.4, 0.5) is 0 Å². The van der Waals surface area contributed by atoms with Gasteiger partial charge in [0, 0.05) is 44.2 Å². The van der Waals surface area contributed by atoms with Gasteiger partial charge in [-0.05, 0) is 76.9 Å². The molecule has 11 rings (SSSR count). The Labute approximate surface area is 302 Å². The Hall–Kier alpha value is -6.58. The maximum atomic E-state index is 2.49. The van der Waals surface area contributed by atoms with Crippen LogP contribution in [0, 0.1) is 0 Å². The lowest BCUT2D eigenvalue weighted by Gasteiger charge is -2.21. The molecule has 0 radical (unpaired) electrons. The quantitative estimate of drug-likeness (QED) is 0.178. The number of aromatic nitrogens is 3. The predicted octanol–water partition coefficient (Wildman–Crippen LogP) is 12.6. The minimum Gasteiger partial charge on any atom is -0.309 e. The number of para-hydroxylation sites is 4. The molecule has 0 amide bonds. The molecule has 3 nitrogen and oxygen atoms in total. The highest BCUT2D eigenvalue weighted by Gasteiger charge is 2.40. The first-order valence-electron chi connectivity index (χ1n) is 18.1. The van der Waals surface area contributed by atoms with Gasteiger partial charge in [-0.15, -0.1) is 0 Å². The van der Waals surface area contributed by atoms with Gasteiger partial charge < -0.3 is 13.7 Å².